The molecular weight excluding hydrogens is 374 g/mol. The number of nitrogens with one attached hydrogen (secondary N) is 1. The average molecular weight is 387 g/mol. The number of rotatable bonds is 6. The molecule has 0 bridgehead atoms. The predicted octanol–water partition coefficient (Wildman–Crippen LogP) is 2.35. The summed E-state index contributed by atoms with van der Waals surface area (Å²) in [6.07, 6.45) is -1.41. The quantitative estimate of drug-likeness (QED) is 0.401. The zero-order valence-electron chi connectivity index (χ0n) is 13.0. The van der Waals surface area contributed by atoms with E-state index in [1.807, 2.05) is 0 Å². The molecule has 0 aliphatic rings. The van der Waals surface area contributed by atoms with Gasteiger partial charge in [-0.15, -0.1) is 0 Å². The molecule has 2 aromatic carbocycles. The van der Waals surface area contributed by atoms with Crippen molar-refractivity contribution in [2.24, 2.45) is 0 Å². The van der Waals surface area contributed by atoms with Gasteiger partial charge in [-0.2, -0.15) is 0 Å². The lowest BCUT2D eigenvalue weighted by atomic mass is 10.0. The summed E-state index contributed by atoms with van der Waals surface area (Å²) in [5.74, 6) is -3.44. The number of non-ortho nitro benzene ring substituents is 1. The first-order valence-electron chi connectivity index (χ1n) is 7.23. The molecule has 7 nitrogen and oxygen atoms in total. The van der Waals surface area contributed by atoms with Crippen LogP contribution in [0.1, 0.15) is 22.0 Å². The highest BCUT2D eigenvalue weighted by atomic mass is 35.5. The van der Waals surface area contributed by atoms with E-state index in [2.05, 4.69) is 5.32 Å². The Balaban J connectivity index is 2.19. The summed E-state index contributed by atoms with van der Waals surface area (Å²) in [6.45, 7) is -0.689. The van der Waals surface area contributed by atoms with Gasteiger partial charge < -0.3 is 15.5 Å². The van der Waals surface area contributed by atoms with Crippen LogP contribution in [0, 0.1) is 21.7 Å². The SMILES string of the molecule is O=C(NC(CO)C(O)c1ccc([N+](=O)[O-])cc1)c1cc(F)c(F)cc1Cl. The number of nitrogens with zero attached hydrogens (tertiary/aromatic N) is 1. The second-order valence-corrected chi connectivity index (χ2v) is 5.71. The van der Waals surface area contributed by atoms with Crippen molar-refractivity contribution < 1.29 is 28.7 Å². The van der Waals surface area contributed by atoms with E-state index in [1.165, 1.54) is 12.1 Å². The first-order valence-corrected chi connectivity index (χ1v) is 7.61. The highest BCUT2D eigenvalue weighted by Crippen LogP contribution is 2.23. The number of aliphatic hydroxyl groups excluding tert-OH is 2. The molecule has 10 heteroatoms. The smallest absolute Gasteiger partial charge is 0.269 e. The maximum Gasteiger partial charge on any atom is 0.269 e. The Kier molecular flexibility index (Phi) is 6.19. The molecule has 0 radical (unpaired) electrons. The van der Waals surface area contributed by atoms with Gasteiger partial charge in [0.2, 0.25) is 0 Å². The van der Waals surface area contributed by atoms with E-state index in [-0.39, 0.29) is 21.8 Å². The second kappa shape index (κ2) is 8.17. The van der Waals surface area contributed by atoms with Crippen molar-refractivity contribution in [2.45, 2.75) is 12.1 Å². The third-order valence-electron chi connectivity index (χ3n) is 3.59. The maximum absolute atomic E-state index is 13.3. The third-order valence-corrected chi connectivity index (χ3v) is 3.91. The number of hydrogen-bond donors (Lipinski definition) is 3. The maximum atomic E-state index is 13.3. The van der Waals surface area contributed by atoms with Crippen molar-refractivity contribution >= 4 is 23.2 Å². The Morgan fingerprint density at radius 3 is 2.35 bits per heavy atom. The van der Waals surface area contributed by atoms with Gasteiger partial charge in [0, 0.05) is 12.1 Å². The van der Waals surface area contributed by atoms with Crippen molar-refractivity contribution in [1.29, 1.82) is 0 Å². The minimum absolute atomic E-state index is 0.195. The molecule has 2 unspecified atom stereocenters. The molecule has 0 aliphatic heterocycles. The van der Waals surface area contributed by atoms with Gasteiger partial charge in [0.05, 0.1) is 28.2 Å². The molecule has 0 spiro atoms. The first kappa shape index (κ1) is 19.7. The Morgan fingerprint density at radius 2 is 1.81 bits per heavy atom. The van der Waals surface area contributed by atoms with Crippen LogP contribution < -0.4 is 5.32 Å². The van der Waals surface area contributed by atoms with Crippen LogP contribution in [-0.4, -0.2) is 33.7 Å². The van der Waals surface area contributed by atoms with Crippen LogP contribution in [0.3, 0.4) is 0 Å². The highest BCUT2D eigenvalue weighted by molar-refractivity contribution is 6.33. The fourth-order valence-corrected chi connectivity index (χ4v) is 2.43. The molecule has 2 rings (SSSR count). The third kappa shape index (κ3) is 4.31. The molecule has 1 amide bonds. The second-order valence-electron chi connectivity index (χ2n) is 5.30. The predicted molar refractivity (Wildman–Crippen MR) is 87.8 cm³/mol. The number of amides is 1. The van der Waals surface area contributed by atoms with E-state index in [0.717, 1.165) is 12.1 Å². The molecule has 2 atom stereocenters. The minimum Gasteiger partial charge on any atom is -0.394 e. The Bertz CT molecular complexity index is 832. The van der Waals surface area contributed by atoms with Gasteiger partial charge in [-0.05, 0) is 29.8 Å². The monoisotopic (exact) mass is 386 g/mol. The van der Waals surface area contributed by atoms with Gasteiger partial charge in [0.1, 0.15) is 6.10 Å². The molecule has 2 aromatic rings. The lowest BCUT2D eigenvalue weighted by Crippen LogP contribution is -2.42. The number of carbonyl (C=O) groups is 1. The molecule has 3 N–H and O–H groups in total. The largest absolute Gasteiger partial charge is 0.394 e. The summed E-state index contributed by atoms with van der Waals surface area (Å²) >= 11 is 5.71. The number of nitro benzene ring substituents is 1. The number of halogens is 3. The molecule has 0 saturated carbocycles. The van der Waals surface area contributed by atoms with E-state index in [1.54, 1.807) is 0 Å². The summed E-state index contributed by atoms with van der Waals surface area (Å²) in [7, 11) is 0. The average Bonchev–Trinajstić information content (AvgIpc) is 2.62. The van der Waals surface area contributed by atoms with Crippen LogP contribution in [-0.2, 0) is 0 Å². The van der Waals surface area contributed by atoms with Crippen molar-refractivity contribution in [3.63, 3.8) is 0 Å². The zero-order valence-corrected chi connectivity index (χ0v) is 13.8. The molecule has 26 heavy (non-hydrogen) atoms. The highest BCUT2D eigenvalue weighted by Gasteiger charge is 2.25. The van der Waals surface area contributed by atoms with Crippen molar-refractivity contribution in [3.05, 3.63) is 74.3 Å². The summed E-state index contributed by atoms with van der Waals surface area (Å²) in [4.78, 5) is 22.2. The van der Waals surface area contributed by atoms with Crippen molar-refractivity contribution in [1.82, 2.24) is 5.32 Å². The van der Waals surface area contributed by atoms with Crippen LogP contribution in [0.25, 0.3) is 0 Å². The van der Waals surface area contributed by atoms with Gasteiger partial charge in [-0.1, -0.05) is 11.6 Å². The normalized spacial score (nSPS) is 13.1. The molecule has 138 valence electrons. The number of nitro groups is 1. The Morgan fingerprint density at radius 1 is 1.23 bits per heavy atom. The number of aliphatic hydroxyl groups is 2. The Hall–Kier alpha value is -2.62. The van der Waals surface area contributed by atoms with E-state index in [4.69, 9.17) is 11.6 Å². The van der Waals surface area contributed by atoms with Crippen molar-refractivity contribution in [2.75, 3.05) is 6.61 Å². The van der Waals surface area contributed by atoms with Crippen LogP contribution in [0.15, 0.2) is 36.4 Å². The van der Waals surface area contributed by atoms with E-state index in [0.29, 0.717) is 12.1 Å². The lowest BCUT2D eigenvalue weighted by molar-refractivity contribution is -0.384. The fraction of sp³-hybridized carbons (Fsp3) is 0.188. The minimum atomic E-state index is -1.41. The van der Waals surface area contributed by atoms with Crippen LogP contribution >= 0.6 is 11.6 Å². The van der Waals surface area contributed by atoms with E-state index in [9.17, 15) is 33.9 Å². The molecule has 0 saturated heterocycles. The molecular formula is C16H13ClF2N2O5. The topological polar surface area (TPSA) is 113 Å². The Labute approximate surface area is 151 Å². The molecule has 0 aliphatic carbocycles. The standard InChI is InChI=1S/C16H13ClF2N2O5/c17-11-6-13(19)12(18)5-10(11)16(24)20-14(7-22)15(23)8-1-3-9(4-2-8)21(25)26/h1-6,14-15,22-23H,7H2,(H,20,24). The van der Waals surface area contributed by atoms with Crippen LogP contribution in [0.2, 0.25) is 5.02 Å². The van der Waals surface area contributed by atoms with Crippen molar-refractivity contribution in [3.8, 4) is 0 Å². The van der Waals surface area contributed by atoms with Crippen LogP contribution in [0.4, 0.5) is 14.5 Å². The van der Waals surface area contributed by atoms with Crippen LogP contribution in [0.5, 0.6) is 0 Å². The number of benzene rings is 2. The number of carbonyl (C=O) groups excluding carboxylic acids is 1. The number of hydrogen-bond acceptors (Lipinski definition) is 5. The van der Waals surface area contributed by atoms with Gasteiger partial charge in [0.25, 0.3) is 11.6 Å². The summed E-state index contributed by atoms with van der Waals surface area (Å²) in [5, 5.41) is 32.2. The summed E-state index contributed by atoms with van der Waals surface area (Å²) in [5.41, 5.74) is -0.370. The molecule has 0 heterocycles. The van der Waals surface area contributed by atoms with Gasteiger partial charge in [-0.25, -0.2) is 8.78 Å². The van der Waals surface area contributed by atoms with E-state index < -0.39 is 41.2 Å². The fourth-order valence-electron chi connectivity index (χ4n) is 2.19. The molecule has 0 fully saturated rings. The van der Waals surface area contributed by atoms with Gasteiger partial charge in [0.15, 0.2) is 11.6 Å². The first-order chi connectivity index (χ1) is 12.2. The lowest BCUT2D eigenvalue weighted by Gasteiger charge is -2.23. The zero-order chi connectivity index (χ0) is 19.4. The summed E-state index contributed by atoms with van der Waals surface area (Å²) < 4.78 is 26.4. The van der Waals surface area contributed by atoms with Gasteiger partial charge >= 0.3 is 0 Å². The van der Waals surface area contributed by atoms with E-state index >= 15 is 0 Å². The van der Waals surface area contributed by atoms with Gasteiger partial charge in [-0.3, -0.25) is 14.9 Å². The molecule has 0 aromatic heterocycles. The summed E-state index contributed by atoms with van der Waals surface area (Å²) in [6, 6.07) is 4.85.